The van der Waals surface area contributed by atoms with Gasteiger partial charge in [-0.2, -0.15) is 4.37 Å². The van der Waals surface area contributed by atoms with Gasteiger partial charge in [0, 0.05) is 18.5 Å². The molecule has 27 heavy (non-hydrogen) atoms. The van der Waals surface area contributed by atoms with Gasteiger partial charge in [-0.25, -0.2) is 4.98 Å². The zero-order chi connectivity index (χ0) is 19.4. The second-order valence-corrected chi connectivity index (χ2v) is 8.24. The second kappa shape index (κ2) is 8.77. The lowest BCUT2D eigenvalue weighted by Crippen LogP contribution is -2.20. The van der Waals surface area contributed by atoms with Crippen LogP contribution in [-0.4, -0.2) is 34.4 Å². The molecule has 0 aliphatic rings. The molecule has 3 nitrogen and oxygen atoms in total. The van der Waals surface area contributed by atoms with E-state index in [0.29, 0.717) is 0 Å². The predicted molar refractivity (Wildman–Crippen MR) is 116 cm³/mol. The molecular formula is C23H29N3S. The van der Waals surface area contributed by atoms with Crippen molar-refractivity contribution in [2.24, 2.45) is 0 Å². The molecule has 0 saturated heterocycles. The van der Waals surface area contributed by atoms with Crippen molar-refractivity contribution in [3.05, 3.63) is 69.2 Å². The Labute approximate surface area is 167 Å². The molecule has 0 amide bonds. The number of rotatable bonds is 7. The molecule has 3 aromatic rings. The highest BCUT2D eigenvalue weighted by Crippen LogP contribution is 2.23. The van der Waals surface area contributed by atoms with Crippen molar-refractivity contribution in [1.29, 1.82) is 0 Å². The second-order valence-electron chi connectivity index (χ2n) is 7.41. The molecule has 0 aliphatic carbocycles. The third kappa shape index (κ3) is 5.02. The van der Waals surface area contributed by atoms with Gasteiger partial charge in [-0.15, -0.1) is 0 Å². The van der Waals surface area contributed by atoms with E-state index in [1.165, 1.54) is 39.3 Å². The minimum absolute atomic E-state index is 0.837. The van der Waals surface area contributed by atoms with E-state index in [1.807, 2.05) is 0 Å². The lowest BCUT2D eigenvalue weighted by molar-refractivity contribution is 0.357. The largest absolute Gasteiger partial charge is 0.306 e. The number of hydrogen-bond donors (Lipinski definition) is 0. The molecule has 0 spiro atoms. The van der Waals surface area contributed by atoms with E-state index in [4.69, 9.17) is 4.98 Å². The average Bonchev–Trinajstić information content (AvgIpc) is 3.12. The molecule has 4 heteroatoms. The van der Waals surface area contributed by atoms with Crippen LogP contribution in [0.4, 0.5) is 0 Å². The van der Waals surface area contributed by atoms with Crippen molar-refractivity contribution in [3.63, 3.8) is 0 Å². The highest BCUT2D eigenvalue weighted by Gasteiger charge is 2.11. The van der Waals surface area contributed by atoms with Gasteiger partial charge >= 0.3 is 0 Å². The lowest BCUT2D eigenvalue weighted by atomic mass is 9.96. The number of benzene rings is 2. The average molecular weight is 380 g/mol. The first-order valence-corrected chi connectivity index (χ1v) is 10.4. The van der Waals surface area contributed by atoms with Gasteiger partial charge in [-0.05, 0) is 74.6 Å². The molecule has 0 fully saturated rings. The van der Waals surface area contributed by atoms with E-state index in [1.54, 1.807) is 0 Å². The smallest absolute Gasteiger partial charge is 0.173 e. The monoisotopic (exact) mass is 379 g/mol. The van der Waals surface area contributed by atoms with Gasteiger partial charge in [-0.3, -0.25) is 0 Å². The van der Waals surface area contributed by atoms with Crippen LogP contribution in [0.15, 0.2) is 36.4 Å². The number of likely N-dealkylation sites (N-methyl/N-ethyl adjacent to an activating group) is 1. The number of aromatic nitrogens is 2. The van der Waals surface area contributed by atoms with Crippen LogP contribution in [0.25, 0.3) is 11.4 Å². The van der Waals surface area contributed by atoms with Crippen molar-refractivity contribution in [3.8, 4) is 11.4 Å². The minimum Gasteiger partial charge on any atom is -0.306 e. The summed E-state index contributed by atoms with van der Waals surface area (Å²) in [5, 5.41) is 1.08. The minimum atomic E-state index is 0.837. The van der Waals surface area contributed by atoms with Crippen LogP contribution >= 0.6 is 11.5 Å². The van der Waals surface area contributed by atoms with Crippen molar-refractivity contribution in [2.75, 3.05) is 20.1 Å². The van der Waals surface area contributed by atoms with Crippen molar-refractivity contribution in [1.82, 2.24) is 14.3 Å². The van der Waals surface area contributed by atoms with Crippen molar-refractivity contribution in [2.45, 2.75) is 40.5 Å². The van der Waals surface area contributed by atoms with Crippen LogP contribution in [0.5, 0.6) is 0 Å². The molecule has 142 valence electrons. The molecule has 0 saturated carbocycles. The van der Waals surface area contributed by atoms with Gasteiger partial charge in [0.05, 0.1) is 0 Å². The van der Waals surface area contributed by atoms with Gasteiger partial charge in [0.2, 0.25) is 0 Å². The molecule has 1 aromatic heterocycles. The fourth-order valence-electron chi connectivity index (χ4n) is 3.17. The molecular weight excluding hydrogens is 350 g/mol. The maximum absolute atomic E-state index is 4.77. The Bertz CT molecular complexity index is 896. The fraction of sp³-hybridized carbons (Fsp3) is 0.391. The van der Waals surface area contributed by atoms with Crippen LogP contribution in [0.1, 0.15) is 39.7 Å². The quantitative estimate of drug-likeness (QED) is 0.564. The maximum Gasteiger partial charge on any atom is 0.173 e. The third-order valence-corrected chi connectivity index (χ3v) is 5.93. The molecule has 2 aromatic carbocycles. The Hall–Kier alpha value is -2.04. The molecule has 3 rings (SSSR count). The molecule has 0 atom stereocenters. The highest BCUT2D eigenvalue weighted by atomic mass is 32.1. The summed E-state index contributed by atoms with van der Waals surface area (Å²) in [6.45, 7) is 10.9. The van der Waals surface area contributed by atoms with Gasteiger partial charge < -0.3 is 4.90 Å². The van der Waals surface area contributed by atoms with Gasteiger partial charge in [0.15, 0.2) is 5.82 Å². The van der Waals surface area contributed by atoms with E-state index in [-0.39, 0.29) is 0 Å². The standard InChI is InChI=1S/C23H29N3S/c1-6-26(5)12-11-20-13-18(4)21(14-17(20)3)15-22-24-23(25-27-22)19-9-7-16(2)8-10-19/h7-10,13-14H,6,11-12,15H2,1-5H3. The van der Waals surface area contributed by atoms with E-state index in [2.05, 4.69) is 80.4 Å². The zero-order valence-corrected chi connectivity index (χ0v) is 17.9. The van der Waals surface area contributed by atoms with Gasteiger partial charge in [0.25, 0.3) is 0 Å². The summed E-state index contributed by atoms with van der Waals surface area (Å²) in [5.41, 5.74) is 7.88. The Morgan fingerprint density at radius 1 is 0.963 bits per heavy atom. The Kier molecular flexibility index (Phi) is 6.40. The maximum atomic E-state index is 4.77. The summed E-state index contributed by atoms with van der Waals surface area (Å²) in [4.78, 5) is 7.13. The van der Waals surface area contributed by atoms with Crippen LogP contribution in [0.2, 0.25) is 0 Å². The summed E-state index contributed by atoms with van der Waals surface area (Å²) < 4.78 is 4.57. The van der Waals surface area contributed by atoms with Crippen LogP contribution in [0, 0.1) is 20.8 Å². The topological polar surface area (TPSA) is 29.0 Å². The summed E-state index contributed by atoms with van der Waals surface area (Å²) in [5.74, 6) is 0.837. The summed E-state index contributed by atoms with van der Waals surface area (Å²) in [6.07, 6.45) is 1.96. The fourth-order valence-corrected chi connectivity index (χ4v) is 3.86. The predicted octanol–water partition coefficient (Wildman–Crippen LogP) is 5.22. The normalized spacial score (nSPS) is 11.3. The summed E-state index contributed by atoms with van der Waals surface area (Å²) in [7, 11) is 2.18. The molecule has 0 N–H and O–H groups in total. The highest BCUT2D eigenvalue weighted by molar-refractivity contribution is 7.05. The van der Waals surface area contributed by atoms with Crippen LogP contribution in [0.3, 0.4) is 0 Å². The molecule has 0 unspecified atom stereocenters. The van der Waals surface area contributed by atoms with Crippen LogP contribution < -0.4 is 0 Å². The first-order valence-electron chi connectivity index (χ1n) is 9.63. The Morgan fingerprint density at radius 2 is 1.63 bits per heavy atom. The first-order chi connectivity index (χ1) is 13.0. The van der Waals surface area contributed by atoms with Crippen LogP contribution in [-0.2, 0) is 12.8 Å². The zero-order valence-electron chi connectivity index (χ0n) is 17.0. The lowest BCUT2D eigenvalue weighted by Gasteiger charge is -2.16. The summed E-state index contributed by atoms with van der Waals surface area (Å²) >= 11 is 1.51. The van der Waals surface area contributed by atoms with Gasteiger partial charge in [0.1, 0.15) is 5.01 Å². The Morgan fingerprint density at radius 3 is 2.33 bits per heavy atom. The number of aryl methyl sites for hydroxylation is 3. The molecule has 0 bridgehead atoms. The van der Waals surface area contributed by atoms with E-state index >= 15 is 0 Å². The SMILES string of the molecule is CCN(C)CCc1cc(C)c(Cc2nc(-c3ccc(C)cc3)ns2)cc1C. The molecule has 0 aliphatic heterocycles. The van der Waals surface area contributed by atoms with Crippen molar-refractivity contribution < 1.29 is 0 Å². The van der Waals surface area contributed by atoms with Crippen molar-refractivity contribution >= 4 is 11.5 Å². The van der Waals surface area contributed by atoms with E-state index in [0.717, 1.165) is 42.3 Å². The Balaban J connectivity index is 1.74. The first kappa shape index (κ1) is 19.7. The molecule has 0 radical (unpaired) electrons. The summed E-state index contributed by atoms with van der Waals surface area (Å²) in [6, 6.07) is 13.1. The van der Waals surface area contributed by atoms with Gasteiger partial charge in [-0.1, -0.05) is 48.9 Å². The number of hydrogen-bond acceptors (Lipinski definition) is 4. The van der Waals surface area contributed by atoms with E-state index in [9.17, 15) is 0 Å². The third-order valence-electron chi connectivity index (χ3n) is 5.22. The molecule has 1 heterocycles. The number of nitrogens with zero attached hydrogens (tertiary/aromatic N) is 3. The van der Waals surface area contributed by atoms with E-state index < -0.39 is 0 Å².